The zero-order valence-corrected chi connectivity index (χ0v) is 13.5. The lowest BCUT2D eigenvalue weighted by Crippen LogP contribution is -2.13. The molecule has 120 valence electrons. The molecule has 0 spiro atoms. The van der Waals surface area contributed by atoms with Crippen molar-refractivity contribution in [3.63, 3.8) is 0 Å². The van der Waals surface area contributed by atoms with Crippen molar-refractivity contribution in [3.8, 4) is 5.69 Å². The average molecular weight is 319 g/mol. The summed E-state index contributed by atoms with van der Waals surface area (Å²) in [6, 6.07) is 16.5. The number of rotatable bonds is 4. The number of hydrogen-bond acceptors (Lipinski definition) is 3. The highest BCUT2D eigenvalue weighted by Crippen LogP contribution is 2.17. The van der Waals surface area contributed by atoms with Gasteiger partial charge in [0.15, 0.2) is 5.78 Å². The second kappa shape index (κ2) is 6.50. The van der Waals surface area contributed by atoms with Crippen molar-refractivity contribution < 1.29 is 9.59 Å². The maximum atomic E-state index is 12.5. The molecule has 1 aromatic heterocycles. The lowest BCUT2D eigenvalue weighted by molar-refractivity contribution is 0.101. The number of amides is 1. The molecule has 0 aliphatic heterocycles. The van der Waals surface area contributed by atoms with E-state index in [-0.39, 0.29) is 11.7 Å². The Labute approximate surface area is 139 Å². The first-order valence-electron chi connectivity index (χ1n) is 7.58. The molecule has 1 amide bonds. The van der Waals surface area contributed by atoms with Gasteiger partial charge >= 0.3 is 0 Å². The quantitative estimate of drug-likeness (QED) is 0.747. The standard InChI is InChI=1S/C19H17N3O2/c1-13-18(12-20-22(13)17-9-4-3-5-10-17)19(24)21-16-8-6-7-15(11-16)14(2)23/h3-12H,1-2H3,(H,21,24). The van der Waals surface area contributed by atoms with Gasteiger partial charge in [0, 0.05) is 11.3 Å². The Kier molecular flexibility index (Phi) is 4.24. The van der Waals surface area contributed by atoms with Gasteiger partial charge in [0.25, 0.3) is 5.91 Å². The Bertz CT molecular complexity index is 898. The highest BCUT2D eigenvalue weighted by atomic mass is 16.1. The van der Waals surface area contributed by atoms with Gasteiger partial charge in [-0.1, -0.05) is 30.3 Å². The minimum absolute atomic E-state index is 0.0424. The van der Waals surface area contributed by atoms with Crippen molar-refractivity contribution in [3.05, 3.63) is 77.6 Å². The fourth-order valence-electron chi connectivity index (χ4n) is 2.48. The highest BCUT2D eigenvalue weighted by molar-refractivity contribution is 6.05. The molecule has 0 atom stereocenters. The predicted octanol–water partition coefficient (Wildman–Crippen LogP) is 3.64. The van der Waals surface area contributed by atoms with Crippen LogP contribution in [0.5, 0.6) is 0 Å². The normalized spacial score (nSPS) is 10.4. The zero-order chi connectivity index (χ0) is 17.1. The molecule has 0 aliphatic rings. The molecule has 0 saturated carbocycles. The fraction of sp³-hybridized carbons (Fsp3) is 0.105. The van der Waals surface area contributed by atoms with E-state index in [2.05, 4.69) is 10.4 Å². The summed E-state index contributed by atoms with van der Waals surface area (Å²) in [5.41, 5.74) is 3.28. The molecular weight excluding hydrogens is 302 g/mol. The number of carbonyl (C=O) groups excluding carboxylic acids is 2. The van der Waals surface area contributed by atoms with E-state index in [1.54, 1.807) is 35.1 Å². The van der Waals surface area contributed by atoms with Crippen LogP contribution in [0.2, 0.25) is 0 Å². The summed E-state index contributed by atoms with van der Waals surface area (Å²) in [4.78, 5) is 24.0. The van der Waals surface area contributed by atoms with Gasteiger partial charge in [-0.2, -0.15) is 5.10 Å². The lowest BCUT2D eigenvalue weighted by atomic mass is 10.1. The van der Waals surface area contributed by atoms with Crippen molar-refractivity contribution in [2.45, 2.75) is 13.8 Å². The van der Waals surface area contributed by atoms with Crippen molar-refractivity contribution in [2.75, 3.05) is 5.32 Å². The van der Waals surface area contributed by atoms with E-state index < -0.39 is 0 Å². The monoisotopic (exact) mass is 319 g/mol. The summed E-state index contributed by atoms with van der Waals surface area (Å²) in [5.74, 6) is -0.297. The number of carbonyl (C=O) groups is 2. The minimum atomic E-state index is -0.254. The molecule has 0 unspecified atom stereocenters. The lowest BCUT2D eigenvalue weighted by Gasteiger charge is -2.07. The smallest absolute Gasteiger partial charge is 0.259 e. The van der Waals surface area contributed by atoms with Crippen LogP contribution in [0.15, 0.2) is 60.8 Å². The van der Waals surface area contributed by atoms with E-state index in [0.29, 0.717) is 16.8 Å². The molecular formula is C19H17N3O2. The summed E-state index contributed by atoms with van der Waals surface area (Å²) >= 11 is 0. The van der Waals surface area contributed by atoms with Gasteiger partial charge < -0.3 is 5.32 Å². The van der Waals surface area contributed by atoms with Crippen LogP contribution in [0, 0.1) is 6.92 Å². The van der Waals surface area contributed by atoms with Crippen molar-refractivity contribution in [2.24, 2.45) is 0 Å². The topological polar surface area (TPSA) is 64.0 Å². The molecule has 0 radical (unpaired) electrons. The maximum Gasteiger partial charge on any atom is 0.259 e. The van der Waals surface area contributed by atoms with Crippen molar-refractivity contribution >= 4 is 17.4 Å². The number of benzene rings is 2. The molecule has 1 N–H and O–H groups in total. The molecule has 3 rings (SSSR count). The first kappa shape index (κ1) is 15.7. The predicted molar refractivity (Wildman–Crippen MR) is 92.7 cm³/mol. The number of hydrogen-bond donors (Lipinski definition) is 1. The molecule has 3 aromatic rings. The third-order valence-electron chi connectivity index (χ3n) is 3.78. The van der Waals surface area contributed by atoms with E-state index in [1.807, 2.05) is 37.3 Å². The van der Waals surface area contributed by atoms with Gasteiger partial charge in [-0.3, -0.25) is 9.59 Å². The van der Waals surface area contributed by atoms with E-state index in [9.17, 15) is 9.59 Å². The number of ketones is 1. The number of para-hydroxylation sites is 1. The minimum Gasteiger partial charge on any atom is -0.322 e. The summed E-state index contributed by atoms with van der Waals surface area (Å²) < 4.78 is 1.72. The van der Waals surface area contributed by atoms with Crippen LogP contribution in [-0.4, -0.2) is 21.5 Å². The molecule has 2 aromatic carbocycles. The van der Waals surface area contributed by atoms with Crippen LogP contribution in [-0.2, 0) is 0 Å². The van der Waals surface area contributed by atoms with Crippen LogP contribution >= 0.6 is 0 Å². The molecule has 0 saturated heterocycles. The van der Waals surface area contributed by atoms with E-state index >= 15 is 0 Å². The number of Topliss-reactive ketones (excluding diaryl/α,β-unsaturated/α-hetero) is 1. The molecule has 5 nitrogen and oxygen atoms in total. The number of nitrogens with one attached hydrogen (secondary N) is 1. The Morgan fingerprint density at radius 2 is 1.79 bits per heavy atom. The zero-order valence-electron chi connectivity index (χ0n) is 13.5. The highest BCUT2D eigenvalue weighted by Gasteiger charge is 2.15. The van der Waals surface area contributed by atoms with Gasteiger partial charge in [-0.25, -0.2) is 4.68 Å². The number of aromatic nitrogens is 2. The Morgan fingerprint density at radius 1 is 1.04 bits per heavy atom. The fourth-order valence-corrected chi connectivity index (χ4v) is 2.48. The summed E-state index contributed by atoms with van der Waals surface area (Å²) in [7, 11) is 0. The first-order chi connectivity index (χ1) is 11.6. The molecule has 5 heteroatoms. The third-order valence-corrected chi connectivity index (χ3v) is 3.78. The van der Waals surface area contributed by atoms with Crippen molar-refractivity contribution in [1.82, 2.24) is 9.78 Å². The summed E-state index contributed by atoms with van der Waals surface area (Å²) in [5, 5.41) is 7.11. The molecule has 0 bridgehead atoms. The van der Waals surface area contributed by atoms with Crippen LogP contribution in [0.4, 0.5) is 5.69 Å². The Hall–Kier alpha value is -3.21. The SMILES string of the molecule is CC(=O)c1cccc(NC(=O)c2cnn(-c3ccccc3)c2C)c1. The van der Waals surface area contributed by atoms with Gasteiger partial charge in [0.05, 0.1) is 23.1 Å². The van der Waals surface area contributed by atoms with Crippen LogP contribution in [0.1, 0.15) is 33.3 Å². The molecule has 0 fully saturated rings. The summed E-state index contributed by atoms with van der Waals surface area (Å²) in [6.45, 7) is 3.34. The second-order valence-electron chi connectivity index (χ2n) is 5.48. The van der Waals surface area contributed by atoms with Gasteiger partial charge in [-0.05, 0) is 38.1 Å². The van der Waals surface area contributed by atoms with E-state index in [1.165, 1.54) is 6.92 Å². The number of anilines is 1. The Balaban J connectivity index is 1.85. The second-order valence-corrected chi connectivity index (χ2v) is 5.48. The maximum absolute atomic E-state index is 12.5. The third kappa shape index (κ3) is 3.10. The van der Waals surface area contributed by atoms with Crippen molar-refractivity contribution in [1.29, 1.82) is 0 Å². The largest absolute Gasteiger partial charge is 0.322 e. The van der Waals surface area contributed by atoms with Gasteiger partial charge in [-0.15, -0.1) is 0 Å². The first-order valence-corrected chi connectivity index (χ1v) is 7.58. The number of nitrogens with zero attached hydrogens (tertiary/aromatic N) is 2. The van der Waals surface area contributed by atoms with E-state index in [4.69, 9.17) is 0 Å². The molecule has 0 aliphatic carbocycles. The van der Waals surface area contributed by atoms with E-state index in [0.717, 1.165) is 11.4 Å². The van der Waals surface area contributed by atoms with Gasteiger partial charge in [0.1, 0.15) is 0 Å². The van der Waals surface area contributed by atoms with Crippen LogP contribution in [0.25, 0.3) is 5.69 Å². The Morgan fingerprint density at radius 3 is 2.50 bits per heavy atom. The van der Waals surface area contributed by atoms with Gasteiger partial charge in [0.2, 0.25) is 0 Å². The van der Waals surface area contributed by atoms with Crippen LogP contribution < -0.4 is 5.32 Å². The summed E-state index contributed by atoms with van der Waals surface area (Å²) in [6.07, 6.45) is 1.55. The molecule has 1 heterocycles. The average Bonchev–Trinajstić information content (AvgIpc) is 2.97. The van der Waals surface area contributed by atoms with Crippen LogP contribution in [0.3, 0.4) is 0 Å². The molecule has 24 heavy (non-hydrogen) atoms.